The molecule has 1 aromatic heterocycles. The van der Waals surface area contributed by atoms with Crippen LogP contribution in [-0.2, 0) is 0 Å². The minimum absolute atomic E-state index is 0.317. The summed E-state index contributed by atoms with van der Waals surface area (Å²) >= 11 is 12.0. The van der Waals surface area contributed by atoms with Gasteiger partial charge in [0.05, 0.1) is 0 Å². The molecule has 0 fully saturated rings. The second-order valence-corrected chi connectivity index (χ2v) is 4.84. The fourth-order valence-electron chi connectivity index (χ4n) is 1.93. The van der Waals surface area contributed by atoms with Gasteiger partial charge < -0.3 is 5.02 Å². The maximum absolute atomic E-state index is 10.3. The Morgan fingerprint density at radius 3 is 2.58 bits per heavy atom. The van der Waals surface area contributed by atoms with Gasteiger partial charge >= 0.3 is 7.05 Å². The van der Waals surface area contributed by atoms with Gasteiger partial charge in [0.25, 0.3) is 0 Å². The molecule has 0 bridgehead atoms. The highest BCUT2D eigenvalue weighted by atomic mass is 35.5. The smallest absolute Gasteiger partial charge is 0.427 e. The Morgan fingerprint density at radius 2 is 1.84 bits per heavy atom. The van der Waals surface area contributed by atoms with Crippen LogP contribution in [0.3, 0.4) is 0 Å². The standard InChI is InChI=1S/C12H8BCl2N3O/c14-8-1-3-9(4-2-8)18-13(19)11-7-16-6-5-10(11)12(15)17-18/h1-7,19H. The fourth-order valence-corrected chi connectivity index (χ4v) is 2.31. The zero-order chi connectivity index (χ0) is 13.4. The van der Waals surface area contributed by atoms with Crippen molar-refractivity contribution in [2.75, 3.05) is 4.92 Å². The first-order chi connectivity index (χ1) is 9.16. The van der Waals surface area contributed by atoms with Gasteiger partial charge in [0.2, 0.25) is 0 Å². The zero-order valence-electron chi connectivity index (χ0n) is 9.66. The molecule has 1 aliphatic rings. The molecular formula is C12H8BCl2N3O. The second-order valence-electron chi connectivity index (χ2n) is 4.05. The SMILES string of the molecule is OB1c2cnccc2C(Cl)=NN1c1ccc(Cl)cc1. The van der Waals surface area contributed by atoms with Gasteiger partial charge in [-0.15, -0.1) is 0 Å². The predicted octanol–water partition coefficient (Wildman–Crippen LogP) is 1.84. The van der Waals surface area contributed by atoms with Crippen LogP contribution in [0.4, 0.5) is 5.69 Å². The summed E-state index contributed by atoms with van der Waals surface area (Å²) in [5.74, 6) is 0. The number of hydrazone groups is 1. The number of fused-ring (bicyclic) bond motifs is 1. The van der Waals surface area contributed by atoms with Crippen LogP contribution in [0.5, 0.6) is 0 Å². The van der Waals surface area contributed by atoms with Crippen molar-refractivity contribution in [3.8, 4) is 0 Å². The largest absolute Gasteiger partial charge is 0.473 e. The molecule has 0 radical (unpaired) electrons. The minimum atomic E-state index is -0.924. The molecule has 19 heavy (non-hydrogen) atoms. The molecule has 2 aromatic rings. The van der Waals surface area contributed by atoms with Crippen molar-refractivity contribution in [3.05, 3.63) is 53.3 Å². The van der Waals surface area contributed by atoms with Crippen molar-refractivity contribution in [3.63, 3.8) is 0 Å². The van der Waals surface area contributed by atoms with Crippen LogP contribution in [0, 0.1) is 0 Å². The van der Waals surface area contributed by atoms with E-state index in [9.17, 15) is 5.02 Å². The first kappa shape index (κ1) is 12.5. The van der Waals surface area contributed by atoms with E-state index in [0.29, 0.717) is 26.9 Å². The van der Waals surface area contributed by atoms with Crippen LogP contribution in [0.1, 0.15) is 5.56 Å². The van der Waals surface area contributed by atoms with Crippen molar-refractivity contribution < 1.29 is 5.02 Å². The number of nitrogens with zero attached hydrogens (tertiary/aromatic N) is 3. The molecule has 94 valence electrons. The number of hydrogen-bond acceptors (Lipinski definition) is 4. The monoisotopic (exact) mass is 291 g/mol. The van der Waals surface area contributed by atoms with E-state index in [-0.39, 0.29) is 0 Å². The number of benzene rings is 1. The van der Waals surface area contributed by atoms with E-state index in [1.54, 1.807) is 42.7 Å². The minimum Gasteiger partial charge on any atom is -0.427 e. The van der Waals surface area contributed by atoms with Crippen LogP contribution in [0.2, 0.25) is 5.02 Å². The third-order valence-electron chi connectivity index (χ3n) is 2.87. The average Bonchev–Trinajstić information content (AvgIpc) is 2.44. The number of hydrogen-bond donors (Lipinski definition) is 1. The number of pyridine rings is 1. The van der Waals surface area contributed by atoms with Gasteiger partial charge in [0.15, 0.2) is 5.17 Å². The summed E-state index contributed by atoms with van der Waals surface area (Å²) in [5, 5.41) is 15.5. The lowest BCUT2D eigenvalue weighted by Crippen LogP contribution is -2.51. The molecule has 0 saturated carbocycles. The highest BCUT2D eigenvalue weighted by Crippen LogP contribution is 2.22. The molecule has 0 saturated heterocycles. The third-order valence-corrected chi connectivity index (χ3v) is 3.40. The van der Waals surface area contributed by atoms with E-state index >= 15 is 0 Å². The van der Waals surface area contributed by atoms with E-state index in [1.165, 1.54) is 4.92 Å². The molecule has 0 aliphatic carbocycles. The topological polar surface area (TPSA) is 48.7 Å². The molecule has 7 heteroatoms. The number of halogens is 2. The molecule has 1 aromatic carbocycles. The quantitative estimate of drug-likeness (QED) is 0.816. The van der Waals surface area contributed by atoms with Crippen molar-refractivity contribution >= 4 is 46.6 Å². The first-order valence-electron chi connectivity index (χ1n) is 5.58. The molecule has 0 unspecified atom stereocenters. The molecule has 1 N–H and O–H groups in total. The second kappa shape index (κ2) is 4.85. The van der Waals surface area contributed by atoms with Crippen LogP contribution in [-0.4, -0.2) is 22.2 Å². The average molecular weight is 292 g/mol. The molecular weight excluding hydrogens is 284 g/mol. The highest BCUT2D eigenvalue weighted by Gasteiger charge is 2.33. The summed E-state index contributed by atoms with van der Waals surface area (Å²) in [7, 11) is -0.924. The van der Waals surface area contributed by atoms with Gasteiger partial charge in [-0.1, -0.05) is 23.2 Å². The number of aromatic nitrogens is 1. The predicted molar refractivity (Wildman–Crippen MR) is 78.2 cm³/mol. The molecule has 0 spiro atoms. The van der Waals surface area contributed by atoms with Crippen LogP contribution >= 0.6 is 23.2 Å². The van der Waals surface area contributed by atoms with E-state index in [2.05, 4.69) is 10.1 Å². The summed E-state index contributed by atoms with van der Waals surface area (Å²) in [5.41, 5.74) is 2.01. The number of anilines is 1. The summed E-state index contributed by atoms with van der Waals surface area (Å²) in [6.07, 6.45) is 3.20. The third kappa shape index (κ3) is 2.21. The Labute approximate surface area is 120 Å². The van der Waals surface area contributed by atoms with E-state index in [1.807, 2.05) is 0 Å². The molecule has 4 nitrogen and oxygen atoms in total. The Balaban J connectivity index is 2.06. The van der Waals surface area contributed by atoms with Gasteiger partial charge in [0.1, 0.15) is 0 Å². The van der Waals surface area contributed by atoms with Crippen molar-refractivity contribution in [2.24, 2.45) is 5.10 Å². The summed E-state index contributed by atoms with van der Waals surface area (Å²) in [6, 6.07) is 8.71. The van der Waals surface area contributed by atoms with E-state index in [4.69, 9.17) is 23.2 Å². The maximum atomic E-state index is 10.3. The lowest BCUT2D eigenvalue weighted by atomic mass is 9.70. The highest BCUT2D eigenvalue weighted by molar-refractivity contribution is 6.79. The van der Waals surface area contributed by atoms with Gasteiger partial charge in [-0.3, -0.25) is 9.90 Å². The van der Waals surface area contributed by atoms with Gasteiger partial charge in [0, 0.05) is 34.1 Å². The van der Waals surface area contributed by atoms with Gasteiger partial charge in [-0.25, -0.2) is 0 Å². The molecule has 0 amide bonds. The Bertz CT molecular complexity index is 648. The first-order valence-corrected chi connectivity index (χ1v) is 6.33. The lowest BCUT2D eigenvalue weighted by Gasteiger charge is -2.27. The molecule has 3 rings (SSSR count). The molecule has 0 atom stereocenters. The van der Waals surface area contributed by atoms with E-state index in [0.717, 1.165) is 0 Å². The fraction of sp³-hybridized carbons (Fsp3) is 0. The van der Waals surface area contributed by atoms with Crippen LogP contribution in [0.15, 0.2) is 47.8 Å². The van der Waals surface area contributed by atoms with Crippen molar-refractivity contribution in [1.82, 2.24) is 4.98 Å². The Hall–Kier alpha value is -1.56. The molecule has 1 aliphatic heterocycles. The summed E-state index contributed by atoms with van der Waals surface area (Å²) in [6.45, 7) is 0. The van der Waals surface area contributed by atoms with Crippen molar-refractivity contribution in [2.45, 2.75) is 0 Å². The lowest BCUT2D eigenvalue weighted by molar-refractivity contribution is 0.578. The summed E-state index contributed by atoms with van der Waals surface area (Å²) in [4.78, 5) is 5.44. The zero-order valence-corrected chi connectivity index (χ0v) is 11.2. The Morgan fingerprint density at radius 1 is 1.11 bits per heavy atom. The van der Waals surface area contributed by atoms with Crippen LogP contribution < -0.4 is 10.4 Å². The summed E-state index contributed by atoms with van der Waals surface area (Å²) < 4.78 is 0. The van der Waals surface area contributed by atoms with Crippen molar-refractivity contribution in [1.29, 1.82) is 0 Å². The van der Waals surface area contributed by atoms with Gasteiger partial charge in [-0.05, 0) is 30.3 Å². The van der Waals surface area contributed by atoms with Gasteiger partial charge in [-0.2, -0.15) is 5.10 Å². The Kier molecular flexibility index (Phi) is 3.18. The van der Waals surface area contributed by atoms with Crippen LogP contribution in [0.25, 0.3) is 0 Å². The molecule has 2 heterocycles. The maximum Gasteiger partial charge on any atom is 0.473 e. The normalized spacial score (nSPS) is 14.2. The number of rotatable bonds is 1. The van der Waals surface area contributed by atoms with E-state index < -0.39 is 7.05 Å².